The number of rotatable bonds is 3. The molecule has 0 radical (unpaired) electrons. The Kier molecular flexibility index (Phi) is 4.99. The zero-order valence-electron chi connectivity index (χ0n) is 19.1. The number of carbonyl (C=O) groups excluding carboxylic acids is 1. The van der Waals surface area contributed by atoms with Crippen molar-refractivity contribution in [2.24, 2.45) is 0 Å². The minimum atomic E-state index is -0.556. The monoisotopic (exact) mass is 472 g/mol. The number of hydrogen-bond acceptors (Lipinski definition) is 9. The molecule has 35 heavy (non-hydrogen) atoms. The van der Waals surface area contributed by atoms with E-state index in [1.807, 2.05) is 25.1 Å². The zero-order chi connectivity index (χ0) is 24.1. The van der Waals surface area contributed by atoms with Gasteiger partial charge in [-0.2, -0.15) is 5.10 Å². The highest BCUT2D eigenvalue weighted by molar-refractivity contribution is 5.95. The van der Waals surface area contributed by atoms with Gasteiger partial charge in [0.25, 0.3) is 0 Å². The molecule has 0 aromatic carbocycles. The molecule has 1 amide bonds. The van der Waals surface area contributed by atoms with Crippen LogP contribution in [0.15, 0.2) is 30.6 Å². The van der Waals surface area contributed by atoms with Crippen molar-refractivity contribution in [1.29, 1.82) is 0 Å². The quantitative estimate of drug-likeness (QED) is 0.347. The summed E-state index contributed by atoms with van der Waals surface area (Å²) in [7, 11) is 0. The van der Waals surface area contributed by atoms with Gasteiger partial charge in [0.1, 0.15) is 24.8 Å². The summed E-state index contributed by atoms with van der Waals surface area (Å²) in [6, 6.07) is 5.76. The first-order valence-electron chi connectivity index (χ1n) is 11.4. The van der Waals surface area contributed by atoms with Crippen LogP contribution in [-0.4, -0.2) is 55.0 Å². The largest absolute Gasteiger partial charge is 0.475 e. The number of carbonyl (C=O) groups is 1. The fourth-order valence-electron chi connectivity index (χ4n) is 4.60. The van der Waals surface area contributed by atoms with Gasteiger partial charge in [-0.1, -0.05) is 0 Å². The van der Waals surface area contributed by atoms with Crippen LogP contribution >= 0.6 is 0 Å². The van der Waals surface area contributed by atoms with E-state index in [9.17, 15) is 9.90 Å². The second-order valence-corrected chi connectivity index (χ2v) is 8.84. The van der Waals surface area contributed by atoms with Gasteiger partial charge in [-0.25, -0.2) is 15.0 Å². The first kappa shape index (κ1) is 21.3. The standard InChI is InChI=1S/C24H24N8O3/c1-12-16-7-15(33)11-35-24(16)28-8-17(12)19-4-13-5-20(27-9-18(13)23(25)29-19)30-21-6-14-2-3-26-22(34)10-32(14)31-21/h4-6,8-9,15,33H,2-3,7,10-11H2,1H3,(H2,25,29)(H,26,34)(H,27,30,31)/t15-/m1/s1. The summed E-state index contributed by atoms with van der Waals surface area (Å²) in [6.07, 6.45) is 4.06. The Morgan fingerprint density at radius 3 is 3.00 bits per heavy atom. The van der Waals surface area contributed by atoms with Gasteiger partial charge in [0.2, 0.25) is 11.8 Å². The fraction of sp³-hybridized carbons (Fsp3) is 0.292. The summed E-state index contributed by atoms with van der Waals surface area (Å²) in [6.45, 7) is 3.01. The van der Waals surface area contributed by atoms with Crippen LogP contribution in [-0.2, 0) is 24.2 Å². The number of aliphatic hydroxyl groups is 1. The summed E-state index contributed by atoms with van der Waals surface area (Å²) >= 11 is 0. The predicted octanol–water partition coefficient (Wildman–Crippen LogP) is 1.49. The third-order valence-corrected chi connectivity index (χ3v) is 6.42. The lowest BCUT2D eigenvalue weighted by atomic mass is 9.96. The Labute approximate surface area is 200 Å². The number of nitrogens with two attached hydrogens (primary N) is 1. The summed E-state index contributed by atoms with van der Waals surface area (Å²) in [5.74, 6) is 2.09. The number of nitrogen functional groups attached to an aromatic ring is 1. The number of nitrogens with zero attached hydrogens (tertiary/aromatic N) is 5. The van der Waals surface area contributed by atoms with E-state index in [-0.39, 0.29) is 19.1 Å². The van der Waals surface area contributed by atoms with Crippen LogP contribution in [0.4, 0.5) is 17.5 Å². The number of aromatic nitrogens is 5. The maximum Gasteiger partial charge on any atom is 0.241 e. The number of amides is 1. The maximum absolute atomic E-state index is 11.8. The van der Waals surface area contributed by atoms with E-state index < -0.39 is 6.10 Å². The molecule has 0 bridgehead atoms. The van der Waals surface area contributed by atoms with Gasteiger partial charge in [0.15, 0.2) is 5.82 Å². The Bertz CT molecular complexity index is 1480. The third kappa shape index (κ3) is 3.89. The lowest BCUT2D eigenvalue weighted by Crippen LogP contribution is -2.26. The molecule has 6 heterocycles. The SMILES string of the molecule is Cc1c(-c2cc3cc(Nc4cc5n(n4)CC(=O)NCC5)ncc3c(N)n2)cnc2c1C[C@@H](O)CO2. The normalized spacial score (nSPS) is 17.2. The van der Waals surface area contributed by atoms with E-state index in [0.29, 0.717) is 48.4 Å². The number of fused-ring (bicyclic) bond motifs is 3. The number of anilines is 3. The topological polar surface area (TPSA) is 153 Å². The highest BCUT2D eigenvalue weighted by Crippen LogP contribution is 2.34. The number of pyridine rings is 3. The maximum atomic E-state index is 11.8. The van der Waals surface area contributed by atoms with Crippen LogP contribution in [0, 0.1) is 6.92 Å². The molecule has 0 saturated heterocycles. The van der Waals surface area contributed by atoms with Gasteiger partial charge < -0.3 is 26.2 Å². The molecule has 0 unspecified atom stereocenters. The third-order valence-electron chi connectivity index (χ3n) is 6.42. The molecular weight excluding hydrogens is 448 g/mol. The van der Waals surface area contributed by atoms with Crippen molar-refractivity contribution in [2.45, 2.75) is 32.4 Å². The van der Waals surface area contributed by atoms with Gasteiger partial charge in [0, 0.05) is 60.1 Å². The van der Waals surface area contributed by atoms with Crippen LogP contribution in [0.25, 0.3) is 22.0 Å². The Morgan fingerprint density at radius 2 is 2.11 bits per heavy atom. The zero-order valence-corrected chi connectivity index (χ0v) is 19.1. The minimum Gasteiger partial charge on any atom is -0.475 e. The average molecular weight is 473 g/mol. The Balaban J connectivity index is 1.35. The lowest BCUT2D eigenvalue weighted by molar-refractivity contribution is -0.121. The van der Waals surface area contributed by atoms with Crippen LogP contribution in [0.5, 0.6) is 5.88 Å². The van der Waals surface area contributed by atoms with Crippen molar-refractivity contribution in [3.63, 3.8) is 0 Å². The highest BCUT2D eigenvalue weighted by Gasteiger charge is 2.23. The summed E-state index contributed by atoms with van der Waals surface area (Å²) in [4.78, 5) is 25.3. The predicted molar refractivity (Wildman–Crippen MR) is 129 cm³/mol. The van der Waals surface area contributed by atoms with Crippen molar-refractivity contribution < 1.29 is 14.6 Å². The van der Waals surface area contributed by atoms with Gasteiger partial charge in [0.05, 0.1) is 11.8 Å². The van der Waals surface area contributed by atoms with Crippen LogP contribution in [0.2, 0.25) is 0 Å². The molecule has 11 heteroatoms. The Hall–Kier alpha value is -4.25. The summed E-state index contributed by atoms with van der Waals surface area (Å²) in [5, 5.41) is 22.2. The summed E-state index contributed by atoms with van der Waals surface area (Å²) in [5.41, 5.74) is 10.6. The van der Waals surface area contributed by atoms with Gasteiger partial charge in [-0.3, -0.25) is 9.48 Å². The van der Waals surface area contributed by atoms with Crippen LogP contribution in [0.1, 0.15) is 16.8 Å². The molecule has 1 atom stereocenters. The smallest absolute Gasteiger partial charge is 0.241 e. The van der Waals surface area contributed by atoms with Gasteiger partial charge >= 0.3 is 0 Å². The highest BCUT2D eigenvalue weighted by atomic mass is 16.5. The molecule has 4 aromatic heterocycles. The molecule has 0 spiro atoms. The molecule has 178 valence electrons. The van der Waals surface area contributed by atoms with Gasteiger partial charge in [-0.15, -0.1) is 0 Å². The average Bonchev–Trinajstić information content (AvgIpc) is 3.10. The van der Waals surface area contributed by atoms with E-state index in [0.717, 1.165) is 33.2 Å². The molecule has 4 aromatic rings. The minimum absolute atomic E-state index is 0.0502. The van der Waals surface area contributed by atoms with E-state index in [1.165, 1.54) is 0 Å². The first-order chi connectivity index (χ1) is 16.9. The van der Waals surface area contributed by atoms with E-state index in [4.69, 9.17) is 10.5 Å². The number of hydrogen-bond donors (Lipinski definition) is 4. The van der Waals surface area contributed by atoms with E-state index in [2.05, 4.69) is 30.7 Å². The van der Waals surface area contributed by atoms with Crippen molar-refractivity contribution in [3.8, 4) is 17.1 Å². The number of nitrogens with one attached hydrogen (secondary N) is 2. The first-order valence-corrected chi connectivity index (χ1v) is 11.4. The van der Waals surface area contributed by atoms with Gasteiger partial charge in [-0.05, 0) is 30.0 Å². The fourth-order valence-corrected chi connectivity index (χ4v) is 4.60. The molecular formula is C24H24N8O3. The van der Waals surface area contributed by atoms with E-state index in [1.54, 1.807) is 17.1 Å². The van der Waals surface area contributed by atoms with Crippen LogP contribution in [0.3, 0.4) is 0 Å². The molecule has 6 rings (SSSR count). The molecule has 0 aliphatic carbocycles. The molecule has 2 aliphatic rings. The van der Waals surface area contributed by atoms with Crippen molar-refractivity contribution in [2.75, 3.05) is 24.2 Å². The molecule has 0 saturated carbocycles. The van der Waals surface area contributed by atoms with Crippen molar-refractivity contribution in [1.82, 2.24) is 30.0 Å². The van der Waals surface area contributed by atoms with E-state index >= 15 is 0 Å². The number of ether oxygens (including phenoxy) is 1. The Morgan fingerprint density at radius 1 is 1.23 bits per heavy atom. The second-order valence-electron chi connectivity index (χ2n) is 8.84. The molecule has 2 aliphatic heterocycles. The van der Waals surface area contributed by atoms with Crippen LogP contribution < -0.4 is 21.1 Å². The van der Waals surface area contributed by atoms with Crippen molar-refractivity contribution in [3.05, 3.63) is 47.4 Å². The second kappa shape index (κ2) is 8.20. The molecule has 5 N–H and O–H groups in total. The number of aliphatic hydroxyl groups excluding tert-OH is 1. The van der Waals surface area contributed by atoms with Crippen molar-refractivity contribution >= 4 is 34.1 Å². The summed E-state index contributed by atoms with van der Waals surface area (Å²) < 4.78 is 7.27. The molecule has 11 nitrogen and oxygen atoms in total. The molecule has 0 fully saturated rings. The lowest BCUT2D eigenvalue weighted by Gasteiger charge is -2.23.